The van der Waals surface area contributed by atoms with Crippen LogP contribution in [0.5, 0.6) is 5.75 Å². The van der Waals surface area contributed by atoms with Gasteiger partial charge in [-0.2, -0.15) is 0 Å². The van der Waals surface area contributed by atoms with E-state index in [0.717, 1.165) is 43.6 Å². The number of fused-ring (bicyclic) bond motifs is 1. The van der Waals surface area contributed by atoms with Crippen molar-refractivity contribution in [1.82, 2.24) is 4.90 Å². The molecule has 0 amide bonds. The van der Waals surface area contributed by atoms with Crippen molar-refractivity contribution in [3.8, 4) is 5.75 Å². The lowest BCUT2D eigenvalue weighted by Crippen LogP contribution is -2.41. The Balaban J connectivity index is 1.88. The van der Waals surface area contributed by atoms with E-state index < -0.39 is 0 Å². The van der Waals surface area contributed by atoms with Crippen molar-refractivity contribution in [1.29, 1.82) is 0 Å². The average Bonchev–Trinajstić information content (AvgIpc) is 2.50. The number of hydrogen-bond acceptors (Lipinski definition) is 3. The van der Waals surface area contributed by atoms with Crippen molar-refractivity contribution in [3.05, 3.63) is 42.0 Å². The van der Waals surface area contributed by atoms with Gasteiger partial charge in [-0.15, -0.1) is 0 Å². The molecule has 0 spiro atoms. The third-order valence-corrected chi connectivity index (χ3v) is 4.08. The van der Waals surface area contributed by atoms with Crippen LogP contribution in [0.1, 0.15) is 18.9 Å². The highest BCUT2D eigenvalue weighted by atomic mass is 16.5. The van der Waals surface area contributed by atoms with Crippen LogP contribution in [-0.4, -0.2) is 35.8 Å². The molecule has 1 heterocycles. The van der Waals surface area contributed by atoms with Crippen LogP contribution in [0.15, 0.2) is 36.4 Å². The second-order valence-corrected chi connectivity index (χ2v) is 5.42. The van der Waals surface area contributed by atoms with E-state index in [-0.39, 0.29) is 0 Å². The molecule has 1 aliphatic heterocycles. The molecule has 0 aliphatic carbocycles. The van der Waals surface area contributed by atoms with E-state index in [1.54, 1.807) is 6.07 Å². The van der Waals surface area contributed by atoms with Gasteiger partial charge >= 0.3 is 0 Å². The molecule has 20 heavy (non-hydrogen) atoms. The number of morpholine rings is 1. The van der Waals surface area contributed by atoms with Crippen LogP contribution in [0, 0.1) is 0 Å². The maximum atomic E-state index is 10.2. The Hall–Kier alpha value is -1.58. The molecule has 2 aromatic rings. The monoisotopic (exact) mass is 271 g/mol. The summed E-state index contributed by atoms with van der Waals surface area (Å²) in [5.74, 6) is 0.392. The van der Waals surface area contributed by atoms with Crippen molar-refractivity contribution in [2.75, 3.05) is 19.7 Å². The van der Waals surface area contributed by atoms with E-state index >= 15 is 0 Å². The number of hydrogen-bond donors (Lipinski definition) is 1. The van der Waals surface area contributed by atoms with Gasteiger partial charge in [0, 0.05) is 25.2 Å². The van der Waals surface area contributed by atoms with Gasteiger partial charge in [0.05, 0.1) is 12.7 Å². The summed E-state index contributed by atoms with van der Waals surface area (Å²) in [4.78, 5) is 2.37. The predicted octanol–water partition coefficient (Wildman–Crippen LogP) is 3.16. The molecule has 1 N–H and O–H groups in total. The highest BCUT2D eigenvalue weighted by Gasteiger charge is 2.20. The number of phenols is 1. The summed E-state index contributed by atoms with van der Waals surface area (Å²) in [6, 6.07) is 12.0. The molecule has 106 valence electrons. The molecule has 2 aromatic carbocycles. The Morgan fingerprint density at radius 1 is 1.25 bits per heavy atom. The molecule has 0 radical (unpaired) electrons. The van der Waals surface area contributed by atoms with Crippen LogP contribution in [0.3, 0.4) is 0 Å². The van der Waals surface area contributed by atoms with Crippen molar-refractivity contribution in [2.45, 2.75) is 26.0 Å². The van der Waals surface area contributed by atoms with Gasteiger partial charge in [0.2, 0.25) is 0 Å². The topological polar surface area (TPSA) is 32.7 Å². The van der Waals surface area contributed by atoms with E-state index in [1.165, 1.54) is 5.39 Å². The minimum absolute atomic E-state index is 0.320. The molecule has 1 unspecified atom stereocenters. The van der Waals surface area contributed by atoms with Crippen LogP contribution < -0.4 is 0 Å². The minimum atomic E-state index is 0.320. The molecule has 1 atom stereocenters. The van der Waals surface area contributed by atoms with Crippen molar-refractivity contribution < 1.29 is 9.84 Å². The van der Waals surface area contributed by atoms with Crippen LogP contribution in [0.4, 0.5) is 0 Å². The van der Waals surface area contributed by atoms with Gasteiger partial charge in [-0.3, -0.25) is 4.90 Å². The zero-order valence-electron chi connectivity index (χ0n) is 11.9. The fourth-order valence-corrected chi connectivity index (χ4v) is 2.89. The molecule has 3 nitrogen and oxygen atoms in total. The zero-order chi connectivity index (χ0) is 13.9. The Morgan fingerprint density at radius 2 is 2.10 bits per heavy atom. The summed E-state index contributed by atoms with van der Waals surface area (Å²) in [6.07, 6.45) is 1.36. The number of phenolic OH excluding ortho intramolecular Hbond substituents is 1. The standard InChI is InChI=1S/C17H21NO2/c1-2-14-11-18(9-10-20-14)12-16-15-6-4-3-5-13(15)7-8-17(16)19/h3-8,14,19H,2,9-12H2,1H3. The summed E-state index contributed by atoms with van der Waals surface area (Å²) >= 11 is 0. The van der Waals surface area contributed by atoms with Crippen LogP contribution >= 0.6 is 0 Å². The molecular weight excluding hydrogens is 250 g/mol. The SMILES string of the molecule is CCC1CN(Cc2c(O)ccc3ccccc23)CCO1. The largest absolute Gasteiger partial charge is 0.508 e. The van der Waals surface area contributed by atoms with Gasteiger partial charge in [-0.25, -0.2) is 0 Å². The first-order chi connectivity index (χ1) is 9.78. The normalized spacial score (nSPS) is 20.4. The predicted molar refractivity (Wildman–Crippen MR) is 80.9 cm³/mol. The number of rotatable bonds is 3. The lowest BCUT2D eigenvalue weighted by molar-refractivity contribution is -0.0325. The summed E-state index contributed by atoms with van der Waals surface area (Å²) in [5, 5.41) is 12.5. The summed E-state index contributed by atoms with van der Waals surface area (Å²) < 4.78 is 5.71. The lowest BCUT2D eigenvalue weighted by Gasteiger charge is -2.32. The van der Waals surface area contributed by atoms with Crippen molar-refractivity contribution in [2.24, 2.45) is 0 Å². The highest BCUT2D eigenvalue weighted by molar-refractivity contribution is 5.87. The second-order valence-electron chi connectivity index (χ2n) is 5.42. The average molecular weight is 271 g/mol. The molecule has 0 aromatic heterocycles. The van der Waals surface area contributed by atoms with E-state index in [2.05, 4.69) is 24.0 Å². The first-order valence-corrected chi connectivity index (χ1v) is 7.31. The Morgan fingerprint density at radius 3 is 2.95 bits per heavy atom. The van der Waals surface area contributed by atoms with E-state index in [9.17, 15) is 5.11 Å². The van der Waals surface area contributed by atoms with Gasteiger partial charge in [-0.05, 0) is 23.3 Å². The minimum Gasteiger partial charge on any atom is -0.508 e. The maximum absolute atomic E-state index is 10.2. The molecule has 1 fully saturated rings. The van der Waals surface area contributed by atoms with E-state index in [4.69, 9.17) is 4.74 Å². The molecule has 1 saturated heterocycles. The van der Waals surface area contributed by atoms with Gasteiger partial charge in [0.1, 0.15) is 5.75 Å². The molecule has 0 saturated carbocycles. The number of nitrogens with zero attached hydrogens (tertiary/aromatic N) is 1. The first-order valence-electron chi connectivity index (χ1n) is 7.31. The lowest BCUT2D eigenvalue weighted by atomic mass is 10.0. The van der Waals surface area contributed by atoms with Gasteiger partial charge in [0.25, 0.3) is 0 Å². The van der Waals surface area contributed by atoms with Crippen LogP contribution in [0.2, 0.25) is 0 Å². The number of aromatic hydroxyl groups is 1. The van der Waals surface area contributed by atoms with Crippen molar-refractivity contribution >= 4 is 10.8 Å². The van der Waals surface area contributed by atoms with E-state index in [0.29, 0.717) is 11.9 Å². The maximum Gasteiger partial charge on any atom is 0.120 e. The molecule has 3 heteroatoms. The van der Waals surface area contributed by atoms with Gasteiger partial charge in [-0.1, -0.05) is 37.3 Å². The van der Waals surface area contributed by atoms with Crippen LogP contribution in [0.25, 0.3) is 10.8 Å². The summed E-state index contributed by atoms with van der Waals surface area (Å²) in [5.41, 5.74) is 1.03. The fraction of sp³-hybridized carbons (Fsp3) is 0.412. The molecule has 0 bridgehead atoms. The third kappa shape index (κ3) is 2.65. The Labute approximate surface area is 119 Å². The number of ether oxygens (including phenoxy) is 1. The zero-order valence-corrected chi connectivity index (χ0v) is 11.9. The van der Waals surface area contributed by atoms with E-state index in [1.807, 2.05) is 18.2 Å². The van der Waals surface area contributed by atoms with Gasteiger partial charge in [0.15, 0.2) is 0 Å². The van der Waals surface area contributed by atoms with Gasteiger partial charge < -0.3 is 9.84 Å². The molecule has 1 aliphatic rings. The Bertz CT molecular complexity index is 597. The Kier molecular flexibility index (Phi) is 3.90. The third-order valence-electron chi connectivity index (χ3n) is 4.08. The number of benzene rings is 2. The summed E-state index contributed by atoms with van der Waals surface area (Å²) in [6.45, 7) is 5.60. The van der Waals surface area contributed by atoms with Crippen molar-refractivity contribution in [3.63, 3.8) is 0 Å². The molecular formula is C17H21NO2. The fourth-order valence-electron chi connectivity index (χ4n) is 2.89. The smallest absolute Gasteiger partial charge is 0.120 e. The second kappa shape index (κ2) is 5.81. The quantitative estimate of drug-likeness (QED) is 0.930. The molecule has 3 rings (SSSR count). The highest BCUT2D eigenvalue weighted by Crippen LogP contribution is 2.28. The first kappa shape index (κ1) is 13.4. The summed E-state index contributed by atoms with van der Waals surface area (Å²) in [7, 11) is 0. The van der Waals surface area contributed by atoms with Crippen LogP contribution in [-0.2, 0) is 11.3 Å².